The molecular formula is C13H17NO2. The summed E-state index contributed by atoms with van der Waals surface area (Å²) in [7, 11) is 0. The maximum Gasteiger partial charge on any atom is 0.224 e. The minimum absolute atomic E-state index is 0.0689. The van der Waals surface area contributed by atoms with E-state index in [0.29, 0.717) is 19.3 Å². The van der Waals surface area contributed by atoms with Crippen molar-refractivity contribution in [2.75, 3.05) is 0 Å². The average molecular weight is 219 g/mol. The number of allylic oxidation sites excluding steroid dienone is 2. The van der Waals surface area contributed by atoms with Gasteiger partial charge in [0.1, 0.15) is 5.78 Å². The molecule has 2 aliphatic rings. The Morgan fingerprint density at radius 3 is 2.62 bits per heavy atom. The highest BCUT2D eigenvalue weighted by Crippen LogP contribution is 2.23. The normalized spacial score (nSPS) is 30.8. The van der Waals surface area contributed by atoms with Crippen molar-refractivity contribution in [3.05, 3.63) is 24.3 Å². The molecule has 0 bridgehead atoms. The Morgan fingerprint density at radius 2 is 1.75 bits per heavy atom. The second kappa shape index (κ2) is 5.10. The molecule has 16 heavy (non-hydrogen) atoms. The standard InChI is InChI=1S/C13H17NO2/c15-11-6-2-1-5-10(9-11)12-7-3-4-8-13(16)14-12/h1-4,10,12H,5-9H2,(H,14,16). The van der Waals surface area contributed by atoms with Crippen molar-refractivity contribution >= 4 is 11.7 Å². The first kappa shape index (κ1) is 11.1. The van der Waals surface area contributed by atoms with Crippen LogP contribution in [-0.2, 0) is 9.59 Å². The number of ketones is 1. The second-order valence-corrected chi connectivity index (χ2v) is 4.50. The predicted octanol–water partition coefficient (Wildman–Crippen LogP) is 1.75. The van der Waals surface area contributed by atoms with Crippen LogP contribution >= 0.6 is 0 Å². The summed E-state index contributed by atoms with van der Waals surface area (Å²) in [6, 6.07) is 0.123. The first-order valence-corrected chi connectivity index (χ1v) is 5.87. The van der Waals surface area contributed by atoms with E-state index in [0.717, 1.165) is 12.8 Å². The summed E-state index contributed by atoms with van der Waals surface area (Å²) < 4.78 is 0. The molecule has 0 spiro atoms. The van der Waals surface area contributed by atoms with Gasteiger partial charge in [-0.3, -0.25) is 9.59 Å². The van der Waals surface area contributed by atoms with Crippen LogP contribution in [0.15, 0.2) is 24.3 Å². The third-order valence-electron chi connectivity index (χ3n) is 3.22. The number of hydrogen-bond donors (Lipinski definition) is 1. The van der Waals surface area contributed by atoms with Gasteiger partial charge in [0, 0.05) is 25.3 Å². The number of carbonyl (C=O) groups is 2. The summed E-state index contributed by atoms with van der Waals surface area (Å²) in [5.74, 6) is 0.610. The number of nitrogens with one attached hydrogen (secondary N) is 1. The van der Waals surface area contributed by atoms with Gasteiger partial charge in [-0.1, -0.05) is 24.3 Å². The van der Waals surface area contributed by atoms with Crippen molar-refractivity contribution in [3.63, 3.8) is 0 Å². The fraction of sp³-hybridized carbons (Fsp3) is 0.538. The van der Waals surface area contributed by atoms with E-state index in [1.165, 1.54) is 0 Å². The molecule has 1 N–H and O–H groups in total. The molecule has 1 aliphatic heterocycles. The monoisotopic (exact) mass is 219 g/mol. The lowest BCUT2D eigenvalue weighted by atomic mass is 9.90. The third-order valence-corrected chi connectivity index (χ3v) is 3.22. The number of rotatable bonds is 1. The topological polar surface area (TPSA) is 46.2 Å². The van der Waals surface area contributed by atoms with E-state index in [4.69, 9.17) is 0 Å². The molecule has 0 fully saturated rings. The molecule has 0 saturated heterocycles. The molecular weight excluding hydrogens is 202 g/mol. The number of Topliss-reactive ketones (excluding diaryl/α,β-unsaturated/α-hetero) is 1. The van der Waals surface area contributed by atoms with Crippen molar-refractivity contribution in [1.29, 1.82) is 0 Å². The molecule has 3 heteroatoms. The van der Waals surface area contributed by atoms with E-state index in [2.05, 4.69) is 11.4 Å². The van der Waals surface area contributed by atoms with Crippen molar-refractivity contribution in [2.24, 2.45) is 5.92 Å². The lowest BCUT2D eigenvalue weighted by molar-refractivity contribution is -0.122. The summed E-state index contributed by atoms with van der Waals surface area (Å²) >= 11 is 0. The minimum atomic E-state index is 0.0689. The van der Waals surface area contributed by atoms with E-state index < -0.39 is 0 Å². The smallest absolute Gasteiger partial charge is 0.224 e. The van der Waals surface area contributed by atoms with Crippen LogP contribution in [-0.4, -0.2) is 17.7 Å². The van der Waals surface area contributed by atoms with Gasteiger partial charge in [0.25, 0.3) is 0 Å². The molecule has 1 aliphatic carbocycles. The largest absolute Gasteiger partial charge is 0.352 e. The summed E-state index contributed by atoms with van der Waals surface area (Å²) in [5, 5.41) is 3.01. The van der Waals surface area contributed by atoms with Gasteiger partial charge in [-0.15, -0.1) is 0 Å². The van der Waals surface area contributed by atoms with Gasteiger partial charge in [-0.25, -0.2) is 0 Å². The first-order chi connectivity index (χ1) is 7.75. The number of hydrogen-bond acceptors (Lipinski definition) is 2. The lowest BCUT2D eigenvalue weighted by Gasteiger charge is -2.24. The van der Waals surface area contributed by atoms with Gasteiger partial charge in [-0.2, -0.15) is 0 Å². The van der Waals surface area contributed by atoms with Crippen LogP contribution in [0.2, 0.25) is 0 Å². The van der Waals surface area contributed by atoms with Crippen LogP contribution in [0.25, 0.3) is 0 Å². The highest BCUT2D eigenvalue weighted by molar-refractivity contribution is 5.81. The Balaban J connectivity index is 2.04. The van der Waals surface area contributed by atoms with Crippen LogP contribution < -0.4 is 5.32 Å². The van der Waals surface area contributed by atoms with Crippen LogP contribution in [0.4, 0.5) is 0 Å². The highest BCUT2D eigenvalue weighted by atomic mass is 16.1. The average Bonchev–Trinajstić information content (AvgIpc) is 2.58. The summed E-state index contributed by atoms with van der Waals surface area (Å²) in [4.78, 5) is 23.0. The Hall–Kier alpha value is -1.38. The van der Waals surface area contributed by atoms with Gasteiger partial charge >= 0.3 is 0 Å². The Kier molecular flexibility index (Phi) is 3.54. The van der Waals surface area contributed by atoms with Gasteiger partial charge < -0.3 is 5.32 Å². The van der Waals surface area contributed by atoms with E-state index >= 15 is 0 Å². The second-order valence-electron chi connectivity index (χ2n) is 4.50. The summed E-state index contributed by atoms with van der Waals surface area (Å²) in [6.07, 6.45) is 11.3. The van der Waals surface area contributed by atoms with E-state index in [-0.39, 0.29) is 23.7 Å². The maximum absolute atomic E-state index is 11.5. The zero-order valence-corrected chi connectivity index (χ0v) is 9.32. The zero-order chi connectivity index (χ0) is 11.4. The molecule has 0 radical (unpaired) electrons. The molecule has 0 aromatic carbocycles. The first-order valence-electron chi connectivity index (χ1n) is 5.87. The molecule has 0 aromatic heterocycles. The van der Waals surface area contributed by atoms with Gasteiger partial charge in [0.2, 0.25) is 5.91 Å². The molecule has 2 unspecified atom stereocenters. The molecule has 1 heterocycles. The highest BCUT2D eigenvalue weighted by Gasteiger charge is 2.25. The van der Waals surface area contributed by atoms with Crippen LogP contribution in [0.1, 0.15) is 32.1 Å². The number of amides is 1. The summed E-state index contributed by atoms with van der Waals surface area (Å²) in [6.45, 7) is 0. The van der Waals surface area contributed by atoms with Crippen LogP contribution in [0.5, 0.6) is 0 Å². The quantitative estimate of drug-likeness (QED) is 0.683. The predicted molar refractivity (Wildman–Crippen MR) is 61.8 cm³/mol. The van der Waals surface area contributed by atoms with Crippen molar-refractivity contribution in [2.45, 2.75) is 38.1 Å². The minimum Gasteiger partial charge on any atom is -0.352 e. The fourth-order valence-corrected chi connectivity index (χ4v) is 2.32. The SMILES string of the molecule is O=C1CC=CCC(C2CC=CCC(=O)N2)C1. The third kappa shape index (κ3) is 2.81. The van der Waals surface area contributed by atoms with Crippen molar-refractivity contribution < 1.29 is 9.59 Å². The molecule has 3 nitrogen and oxygen atoms in total. The van der Waals surface area contributed by atoms with Crippen molar-refractivity contribution in [1.82, 2.24) is 5.32 Å². The van der Waals surface area contributed by atoms with Crippen LogP contribution in [0, 0.1) is 5.92 Å². The van der Waals surface area contributed by atoms with E-state index in [1.54, 1.807) is 0 Å². The maximum atomic E-state index is 11.5. The Morgan fingerprint density at radius 1 is 1.00 bits per heavy atom. The lowest BCUT2D eigenvalue weighted by Crippen LogP contribution is -2.39. The Bertz CT molecular complexity index is 310. The molecule has 0 aromatic rings. The zero-order valence-electron chi connectivity index (χ0n) is 9.32. The summed E-state index contributed by atoms with van der Waals surface area (Å²) in [5.41, 5.74) is 0. The molecule has 2 rings (SSSR count). The van der Waals surface area contributed by atoms with Crippen LogP contribution in [0.3, 0.4) is 0 Å². The van der Waals surface area contributed by atoms with E-state index in [1.807, 2.05) is 18.2 Å². The van der Waals surface area contributed by atoms with Crippen molar-refractivity contribution in [3.8, 4) is 0 Å². The Labute approximate surface area is 95.6 Å². The molecule has 2 atom stereocenters. The molecule has 1 amide bonds. The van der Waals surface area contributed by atoms with Gasteiger partial charge in [0.15, 0.2) is 0 Å². The molecule has 86 valence electrons. The van der Waals surface area contributed by atoms with Gasteiger partial charge in [0.05, 0.1) is 0 Å². The fourth-order valence-electron chi connectivity index (χ4n) is 2.32. The molecule has 0 saturated carbocycles. The van der Waals surface area contributed by atoms with Gasteiger partial charge in [-0.05, 0) is 18.8 Å². The number of carbonyl (C=O) groups excluding carboxylic acids is 2. The van der Waals surface area contributed by atoms with E-state index in [9.17, 15) is 9.59 Å².